The molecule has 0 heterocycles. The number of hydrogen-bond donors (Lipinski definition) is 1. The van der Waals surface area contributed by atoms with E-state index in [4.69, 9.17) is 0 Å². The minimum Gasteiger partial charge on any atom is -0.508 e. The predicted molar refractivity (Wildman–Crippen MR) is 165 cm³/mol. The number of hydrogen-bond acceptors (Lipinski definition) is 4. The molecule has 0 radical (unpaired) electrons. The number of allylic oxidation sites excluding steroid dienone is 12. The molecule has 0 fully saturated rings. The van der Waals surface area contributed by atoms with Gasteiger partial charge in [0.15, 0.2) is 5.78 Å². The third-order valence-corrected chi connectivity index (χ3v) is 7.11. The van der Waals surface area contributed by atoms with Crippen LogP contribution in [0.5, 0.6) is 5.75 Å². The van der Waals surface area contributed by atoms with Crippen molar-refractivity contribution in [2.24, 2.45) is 0 Å². The molecule has 0 atom stereocenters. The number of benzene rings is 3. The van der Waals surface area contributed by atoms with Crippen molar-refractivity contribution in [3.05, 3.63) is 173 Å². The number of ketones is 3. The Labute approximate surface area is 243 Å². The molecule has 0 amide bonds. The number of phenols is 1. The Morgan fingerprint density at radius 1 is 0.595 bits per heavy atom. The van der Waals surface area contributed by atoms with E-state index in [1.807, 2.05) is 54.6 Å². The van der Waals surface area contributed by atoms with Crippen molar-refractivity contribution >= 4 is 34.7 Å². The molecule has 198 valence electrons. The Hall–Kier alpha value is -5.83. The van der Waals surface area contributed by atoms with Crippen LogP contribution in [0.3, 0.4) is 0 Å². The van der Waals surface area contributed by atoms with E-state index in [-0.39, 0.29) is 23.1 Å². The standard InChI is InChI=1S/C38H23O4/c39-34-13-5-26(6-14-34)31-4-3-29(38(24-31)30-11-19-37(42)20-12-30)2-1-25-21-32(27-7-15-35(40)16-8-27)23-33(22-25)28-9-17-36(41)18-10-28/h1,3-24H/q+1/p+1. The molecule has 4 nitrogen and oxygen atoms in total. The highest BCUT2D eigenvalue weighted by atomic mass is 16.3. The first-order valence-corrected chi connectivity index (χ1v) is 13.4. The quantitative estimate of drug-likeness (QED) is 0.457. The molecule has 0 spiro atoms. The molecule has 1 N–H and O–H groups in total. The first kappa shape index (κ1) is 26.4. The van der Waals surface area contributed by atoms with E-state index in [2.05, 4.69) is 17.9 Å². The van der Waals surface area contributed by atoms with E-state index in [0.29, 0.717) is 0 Å². The summed E-state index contributed by atoms with van der Waals surface area (Å²) in [6, 6.07) is 19.2. The van der Waals surface area contributed by atoms with Gasteiger partial charge in [0.1, 0.15) is 5.75 Å². The van der Waals surface area contributed by atoms with Crippen molar-refractivity contribution in [1.82, 2.24) is 0 Å². The molecule has 0 aromatic heterocycles. The zero-order valence-corrected chi connectivity index (χ0v) is 22.5. The molecule has 4 heteroatoms. The van der Waals surface area contributed by atoms with Crippen molar-refractivity contribution in [2.45, 2.75) is 0 Å². The van der Waals surface area contributed by atoms with Crippen molar-refractivity contribution in [1.29, 1.82) is 0 Å². The second-order valence-electron chi connectivity index (χ2n) is 10.0. The first-order valence-electron chi connectivity index (χ1n) is 13.4. The summed E-state index contributed by atoms with van der Waals surface area (Å²) in [7, 11) is 0. The predicted octanol–water partition coefficient (Wildman–Crippen LogP) is 5.23. The van der Waals surface area contributed by atoms with Crippen LogP contribution in [0.25, 0.3) is 28.5 Å². The summed E-state index contributed by atoms with van der Waals surface area (Å²) in [6.45, 7) is 0. The van der Waals surface area contributed by atoms with Crippen LogP contribution in [-0.2, 0) is 14.4 Å². The summed E-state index contributed by atoms with van der Waals surface area (Å²) < 4.78 is 0. The molecule has 0 bridgehead atoms. The van der Waals surface area contributed by atoms with Gasteiger partial charge >= 0.3 is 0 Å². The Morgan fingerprint density at radius 3 is 1.88 bits per heavy atom. The summed E-state index contributed by atoms with van der Waals surface area (Å²) in [5.74, 6) is 1.83. The molecule has 0 unspecified atom stereocenters. The van der Waals surface area contributed by atoms with E-state index in [1.54, 1.807) is 72.9 Å². The maximum atomic E-state index is 11.8. The number of carbonyl (C=O) groups excluding carboxylic acids is 3. The van der Waals surface area contributed by atoms with E-state index in [0.717, 1.165) is 55.7 Å². The molecule has 0 saturated heterocycles. The molecular formula is C38H24O4+2. The van der Waals surface area contributed by atoms with Crippen molar-refractivity contribution in [3.63, 3.8) is 0 Å². The number of phenolic OH excluding ortho intramolecular Hbond substituents is 1. The van der Waals surface area contributed by atoms with Gasteiger partial charge in [-0.2, -0.15) is 0 Å². The highest BCUT2D eigenvalue weighted by Crippen LogP contribution is 2.30. The number of aromatic hydroxyl groups is 1. The molecule has 42 heavy (non-hydrogen) atoms. The average Bonchev–Trinajstić information content (AvgIpc) is 3.01. The monoisotopic (exact) mass is 544 g/mol. The molecule has 3 aliphatic carbocycles. The van der Waals surface area contributed by atoms with Crippen LogP contribution < -0.4 is 10.4 Å². The summed E-state index contributed by atoms with van der Waals surface area (Å²) in [4.78, 5) is 35.2. The summed E-state index contributed by atoms with van der Waals surface area (Å²) in [5, 5.41) is 11.6. The van der Waals surface area contributed by atoms with Crippen LogP contribution in [0.2, 0.25) is 0 Å². The molecule has 0 aliphatic heterocycles. The van der Waals surface area contributed by atoms with Gasteiger partial charge in [-0.25, -0.2) is 0 Å². The Kier molecular flexibility index (Phi) is 7.13. The fourth-order valence-corrected chi connectivity index (χ4v) is 4.90. The lowest BCUT2D eigenvalue weighted by Gasteiger charge is -2.09. The van der Waals surface area contributed by atoms with Crippen LogP contribution in [0.4, 0.5) is 0 Å². The lowest BCUT2D eigenvalue weighted by molar-refractivity contribution is -0.111. The van der Waals surface area contributed by atoms with Gasteiger partial charge in [0.25, 0.3) is 0 Å². The molecule has 3 aromatic carbocycles. The zero-order valence-electron chi connectivity index (χ0n) is 22.5. The highest BCUT2D eigenvalue weighted by molar-refractivity contribution is 6.04. The summed E-state index contributed by atoms with van der Waals surface area (Å²) in [6.07, 6.45) is 22.0. The van der Waals surface area contributed by atoms with E-state index < -0.39 is 0 Å². The van der Waals surface area contributed by atoms with E-state index >= 15 is 0 Å². The van der Waals surface area contributed by atoms with Gasteiger partial charge in [-0.1, -0.05) is 17.9 Å². The number of carbonyl (C=O) groups is 3. The second kappa shape index (κ2) is 11.3. The third kappa shape index (κ3) is 5.85. The van der Waals surface area contributed by atoms with E-state index in [1.165, 1.54) is 0 Å². The lowest BCUT2D eigenvalue weighted by Crippen LogP contribution is -2.19. The fraction of sp³-hybridized carbons (Fsp3) is 0. The van der Waals surface area contributed by atoms with Crippen LogP contribution >= 0.6 is 0 Å². The van der Waals surface area contributed by atoms with Crippen molar-refractivity contribution in [3.8, 4) is 16.9 Å². The van der Waals surface area contributed by atoms with Gasteiger partial charge < -0.3 is 5.11 Å². The SMILES string of the molecule is O=C1C=CC(=c2ccc(=C=Cc3cc(-c4ccc(O)cc4)cc([C+]4C=CC(=O)C=C4)c3)c([C+]3C=CC(=O)C=C3)c2)C=C1. The lowest BCUT2D eigenvalue weighted by atomic mass is 9.89. The maximum Gasteiger partial charge on any atom is 0.242 e. The zero-order chi connectivity index (χ0) is 29.1. The Morgan fingerprint density at radius 2 is 1.21 bits per heavy atom. The Balaban J connectivity index is 1.50. The van der Waals surface area contributed by atoms with Crippen LogP contribution in [0, 0.1) is 11.8 Å². The molecular weight excluding hydrogens is 520 g/mol. The first-order chi connectivity index (χ1) is 20.4. The van der Waals surface area contributed by atoms with E-state index in [9.17, 15) is 19.5 Å². The normalized spacial score (nSPS) is 15.5. The van der Waals surface area contributed by atoms with Gasteiger partial charge in [-0.05, 0) is 65.8 Å². The average molecular weight is 545 g/mol. The van der Waals surface area contributed by atoms with Crippen LogP contribution in [0.1, 0.15) is 16.7 Å². The molecule has 3 aromatic rings. The van der Waals surface area contributed by atoms with Gasteiger partial charge in [0, 0.05) is 89.2 Å². The van der Waals surface area contributed by atoms with Gasteiger partial charge in [-0.3, -0.25) is 14.4 Å². The second-order valence-corrected chi connectivity index (χ2v) is 10.0. The topological polar surface area (TPSA) is 71.4 Å². The van der Waals surface area contributed by atoms with Crippen LogP contribution in [0.15, 0.2) is 134 Å². The molecule has 6 rings (SSSR count). The third-order valence-electron chi connectivity index (χ3n) is 7.11. The van der Waals surface area contributed by atoms with Gasteiger partial charge in [0.2, 0.25) is 11.6 Å². The summed E-state index contributed by atoms with van der Waals surface area (Å²) >= 11 is 0. The summed E-state index contributed by atoms with van der Waals surface area (Å²) in [5.41, 5.74) is 9.02. The molecule has 3 aliphatic rings. The van der Waals surface area contributed by atoms with Crippen LogP contribution in [-0.4, -0.2) is 22.5 Å². The maximum absolute atomic E-state index is 11.8. The molecule has 0 saturated carbocycles. The fourth-order valence-electron chi connectivity index (χ4n) is 4.90. The Bertz CT molecular complexity index is 1920. The highest BCUT2D eigenvalue weighted by Gasteiger charge is 2.20. The number of rotatable bonds is 4. The van der Waals surface area contributed by atoms with Crippen molar-refractivity contribution in [2.75, 3.05) is 0 Å². The largest absolute Gasteiger partial charge is 0.508 e. The smallest absolute Gasteiger partial charge is 0.242 e. The minimum atomic E-state index is -0.0643. The van der Waals surface area contributed by atoms with Gasteiger partial charge in [-0.15, -0.1) is 0 Å². The van der Waals surface area contributed by atoms with Gasteiger partial charge in [0.05, 0.1) is 28.2 Å². The minimum absolute atomic E-state index is 0.0456. The van der Waals surface area contributed by atoms with Crippen molar-refractivity contribution < 1.29 is 19.5 Å².